The molecule has 0 spiro atoms. The van der Waals surface area contributed by atoms with Crippen molar-refractivity contribution in [1.29, 1.82) is 0 Å². The molecule has 3 N–H and O–H groups in total. The van der Waals surface area contributed by atoms with Gasteiger partial charge in [-0.05, 0) is 24.6 Å². The number of hydrogen-bond donors (Lipinski definition) is 3. The summed E-state index contributed by atoms with van der Waals surface area (Å²) in [5, 5.41) is 17.6. The lowest BCUT2D eigenvalue weighted by atomic mass is 10.2. The molecule has 0 heterocycles. The first-order valence-corrected chi connectivity index (χ1v) is 7.23. The van der Waals surface area contributed by atoms with Crippen LogP contribution in [0, 0.1) is 6.92 Å². The third-order valence-electron chi connectivity index (χ3n) is 2.48. The first-order valence-electron chi connectivity index (χ1n) is 5.37. The predicted molar refractivity (Wildman–Crippen MR) is 70.2 cm³/mol. The zero-order valence-electron chi connectivity index (χ0n) is 10.3. The summed E-state index contributed by atoms with van der Waals surface area (Å²) in [7, 11) is -4.18. The van der Waals surface area contributed by atoms with Gasteiger partial charge in [-0.1, -0.05) is 17.7 Å². The smallest absolute Gasteiger partial charge is 0.322 e. The largest absolute Gasteiger partial charge is 0.481 e. The van der Waals surface area contributed by atoms with Gasteiger partial charge in [0, 0.05) is 5.02 Å². The van der Waals surface area contributed by atoms with Gasteiger partial charge in [0.25, 0.3) is 0 Å². The molecule has 0 saturated carbocycles. The van der Waals surface area contributed by atoms with Crippen molar-refractivity contribution < 1.29 is 28.2 Å². The van der Waals surface area contributed by atoms with E-state index in [0.717, 1.165) is 0 Å². The third-order valence-corrected chi connectivity index (χ3v) is 4.51. The van der Waals surface area contributed by atoms with Crippen LogP contribution in [0.2, 0.25) is 5.02 Å². The molecule has 110 valence electrons. The molecule has 0 saturated heterocycles. The van der Waals surface area contributed by atoms with E-state index in [1.165, 1.54) is 25.1 Å². The van der Waals surface area contributed by atoms with Crippen LogP contribution < -0.4 is 4.72 Å². The molecule has 0 aliphatic heterocycles. The number of hydrogen-bond acceptors (Lipinski definition) is 4. The monoisotopic (exact) mass is 321 g/mol. The molecule has 1 aromatic carbocycles. The molecular weight excluding hydrogens is 310 g/mol. The van der Waals surface area contributed by atoms with Crippen LogP contribution in [0.1, 0.15) is 12.0 Å². The highest BCUT2D eigenvalue weighted by Gasteiger charge is 2.28. The maximum atomic E-state index is 12.1. The number of aliphatic carboxylic acids is 2. The molecule has 0 radical (unpaired) electrons. The Morgan fingerprint density at radius 2 is 1.95 bits per heavy atom. The lowest BCUT2D eigenvalue weighted by molar-refractivity contribution is -0.145. The standard InChI is InChI=1S/C11H12ClNO6S/c1-6-7(12)3-2-4-9(6)20(18,19)13-8(11(16)17)5-10(14)15/h2-4,8,13H,5H2,1H3,(H,14,15)(H,16,17)/t8-/m1/s1. The average molecular weight is 322 g/mol. The van der Waals surface area contributed by atoms with Crippen molar-refractivity contribution in [3.05, 3.63) is 28.8 Å². The van der Waals surface area contributed by atoms with Crippen LogP contribution in [0.3, 0.4) is 0 Å². The third kappa shape index (κ3) is 3.92. The van der Waals surface area contributed by atoms with Crippen LogP contribution in [0.5, 0.6) is 0 Å². The predicted octanol–water partition coefficient (Wildman–Crippen LogP) is 0.855. The minimum absolute atomic E-state index is 0.193. The van der Waals surface area contributed by atoms with E-state index in [1.54, 1.807) is 0 Å². The topological polar surface area (TPSA) is 121 Å². The SMILES string of the molecule is Cc1c(Cl)cccc1S(=O)(=O)N[C@H](CC(=O)O)C(=O)O. The second-order valence-electron chi connectivity index (χ2n) is 3.97. The summed E-state index contributed by atoms with van der Waals surface area (Å²) >= 11 is 5.80. The number of nitrogens with one attached hydrogen (secondary N) is 1. The van der Waals surface area contributed by atoms with Gasteiger partial charge in [0.2, 0.25) is 10.0 Å². The van der Waals surface area contributed by atoms with E-state index >= 15 is 0 Å². The van der Waals surface area contributed by atoms with Crippen LogP contribution in [0.25, 0.3) is 0 Å². The molecule has 0 aliphatic carbocycles. The Kier molecular flexibility index (Phi) is 5.09. The number of benzene rings is 1. The summed E-state index contributed by atoms with van der Waals surface area (Å²) in [5.41, 5.74) is 0.251. The number of carbonyl (C=O) groups is 2. The molecule has 7 nitrogen and oxygen atoms in total. The van der Waals surface area contributed by atoms with E-state index in [-0.39, 0.29) is 15.5 Å². The first kappa shape index (κ1) is 16.4. The number of rotatable bonds is 6. The summed E-state index contributed by atoms with van der Waals surface area (Å²) in [6.07, 6.45) is -0.867. The van der Waals surface area contributed by atoms with Crippen LogP contribution in [0.15, 0.2) is 23.1 Å². The Balaban J connectivity index is 3.13. The molecule has 0 aliphatic rings. The van der Waals surface area contributed by atoms with Crippen molar-refractivity contribution in [2.45, 2.75) is 24.3 Å². The number of carboxylic acid groups (broad SMARTS) is 2. The zero-order chi connectivity index (χ0) is 15.5. The van der Waals surface area contributed by atoms with Crippen molar-refractivity contribution >= 4 is 33.6 Å². The fraction of sp³-hybridized carbons (Fsp3) is 0.273. The summed E-state index contributed by atoms with van der Waals surface area (Å²) in [6, 6.07) is 2.39. The minimum Gasteiger partial charge on any atom is -0.481 e. The number of halogens is 1. The van der Waals surface area contributed by atoms with Crippen molar-refractivity contribution in [1.82, 2.24) is 4.72 Å². The molecule has 0 unspecified atom stereocenters. The Labute approximate surface area is 120 Å². The van der Waals surface area contributed by atoms with E-state index in [0.29, 0.717) is 0 Å². The second-order valence-corrected chi connectivity index (χ2v) is 6.06. The van der Waals surface area contributed by atoms with Crippen LogP contribution >= 0.6 is 11.6 Å². The molecular formula is C11H12ClNO6S. The molecule has 0 fully saturated rings. The molecule has 9 heteroatoms. The van der Waals surface area contributed by atoms with E-state index in [1.807, 2.05) is 4.72 Å². The van der Waals surface area contributed by atoms with Gasteiger partial charge in [-0.3, -0.25) is 9.59 Å². The number of sulfonamides is 1. The molecule has 0 bridgehead atoms. The maximum absolute atomic E-state index is 12.1. The lowest BCUT2D eigenvalue weighted by Gasteiger charge is -2.14. The van der Waals surface area contributed by atoms with Crippen LogP contribution in [-0.2, 0) is 19.6 Å². The fourth-order valence-electron chi connectivity index (χ4n) is 1.48. The second kappa shape index (κ2) is 6.21. The van der Waals surface area contributed by atoms with Gasteiger partial charge in [-0.25, -0.2) is 8.42 Å². The highest BCUT2D eigenvalue weighted by molar-refractivity contribution is 7.89. The molecule has 0 aromatic heterocycles. The zero-order valence-corrected chi connectivity index (χ0v) is 11.9. The fourth-order valence-corrected chi connectivity index (χ4v) is 3.17. The van der Waals surface area contributed by atoms with Crippen molar-refractivity contribution in [3.8, 4) is 0 Å². The molecule has 1 rings (SSSR count). The normalized spacial score (nSPS) is 12.9. The maximum Gasteiger partial charge on any atom is 0.322 e. The lowest BCUT2D eigenvalue weighted by Crippen LogP contribution is -2.42. The summed E-state index contributed by atoms with van der Waals surface area (Å²) in [6.45, 7) is 1.46. The number of carboxylic acids is 2. The Morgan fingerprint density at radius 1 is 1.35 bits per heavy atom. The minimum atomic E-state index is -4.18. The van der Waals surface area contributed by atoms with Gasteiger partial charge >= 0.3 is 11.9 Å². The van der Waals surface area contributed by atoms with E-state index in [2.05, 4.69) is 0 Å². The van der Waals surface area contributed by atoms with E-state index < -0.39 is 34.4 Å². The van der Waals surface area contributed by atoms with Gasteiger partial charge in [0.05, 0.1) is 11.3 Å². The van der Waals surface area contributed by atoms with Gasteiger partial charge in [-0.15, -0.1) is 0 Å². The summed E-state index contributed by atoms with van der Waals surface area (Å²) in [5.74, 6) is -3.00. The van der Waals surface area contributed by atoms with Crippen molar-refractivity contribution in [2.75, 3.05) is 0 Å². The highest BCUT2D eigenvalue weighted by Crippen LogP contribution is 2.22. The summed E-state index contributed by atoms with van der Waals surface area (Å²) in [4.78, 5) is 21.2. The van der Waals surface area contributed by atoms with E-state index in [9.17, 15) is 18.0 Å². The molecule has 20 heavy (non-hydrogen) atoms. The van der Waals surface area contributed by atoms with Crippen molar-refractivity contribution in [3.63, 3.8) is 0 Å². The molecule has 0 amide bonds. The van der Waals surface area contributed by atoms with Gasteiger partial charge in [0.15, 0.2) is 0 Å². The van der Waals surface area contributed by atoms with Crippen LogP contribution in [-0.4, -0.2) is 36.6 Å². The van der Waals surface area contributed by atoms with E-state index in [4.69, 9.17) is 21.8 Å². The average Bonchev–Trinajstić information content (AvgIpc) is 2.30. The molecule has 1 aromatic rings. The molecule has 1 atom stereocenters. The Morgan fingerprint density at radius 3 is 2.45 bits per heavy atom. The Hall–Kier alpha value is -1.64. The summed E-state index contributed by atoms with van der Waals surface area (Å²) < 4.78 is 26.0. The van der Waals surface area contributed by atoms with Gasteiger partial charge in [0.1, 0.15) is 6.04 Å². The van der Waals surface area contributed by atoms with Gasteiger partial charge in [-0.2, -0.15) is 4.72 Å². The highest BCUT2D eigenvalue weighted by atomic mass is 35.5. The van der Waals surface area contributed by atoms with Gasteiger partial charge < -0.3 is 10.2 Å². The van der Waals surface area contributed by atoms with Crippen LogP contribution in [0.4, 0.5) is 0 Å². The van der Waals surface area contributed by atoms with Crippen molar-refractivity contribution in [2.24, 2.45) is 0 Å². The first-order chi connectivity index (χ1) is 9.15. The Bertz CT molecular complexity index is 642. The quantitative estimate of drug-likeness (QED) is 0.714.